The molecule has 0 amide bonds. The van der Waals surface area contributed by atoms with Gasteiger partial charge in [0.05, 0.1) is 6.54 Å². The monoisotopic (exact) mass is 213 g/mol. The summed E-state index contributed by atoms with van der Waals surface area (Å²) in [6.45, 7) is 5.65. The second-order valence-corrected chi connectivity index (χ2v) is 3.84. The standard InChI is InChI=1S/C10H19N3O2/c1-8(7-14)4-3-5-11-6-10-12-9(2)15-13-10/h8,11,14H,3-7H2,1-2H3. The van der Waals surface area contributed by atoms with Gasteiger partial charge < -0.3 is 14.9 Å². The molecule has 5 heteroatoms. The highest BCUT2D eigenvalue weighted by Crippen LogP contribution is 2.02. The van der Waals surface area contributed by atoms with E-state index in [1.165, 1.54) is 0 Å². The molecule has 0 radical (unpaired) electrons. The van der Waals surface area contributed by atoms with E-state index >= 15 is 0 Å². The quantitative estimate of drug-likeness (QED) is 0.658. The molecule has 1 rings (SSSR count). The number of hydrogen-bond donors (Lipinski definition) is 2. The Balaban J connectivity index is 2.02. The van der Waals surface area contributed by atoms with Crippen LogP contribution in [0.3, 0.4) is 0 Å². The van der Waals surface area contributed by atoms with Crippen LogP contribution in [0, 0.1) is 12.8 Å². The van der Waals surface area contributed by atoms with Gasteiger partial charge in [-0.05, 0) is 25.3 Å². The van der Waals surface area contributed by atoms with Crippen molar-refractivity contribution >= 4 is 0 Å². The number of hydrogen-bond acceptors (Lipinski definition) is 5. The van der Waals surface area contributed by atoms with E-state index in [-0.39, 0.29) is 6.61 Å². The van der Waals surface area contributed by atoms with Crippen LogP contribution in [0.25, 0.3) is 0 Å². The van der Waals surface area contributed by atoms with Crippen LogP contribution in [0.4, 0.5) is 0 Å². The fraction of sp³-hybridized carbons (Fsp3) is 0.800. The van der Waals surface area contributed by atoms with Crippen LogP contribution in [-0.2, 0) is 6.54 Å². The fourth-order valence-electron chi connectivity index (χ4n) is 1.28. The molecular weight excluding hydrogens is 194 g/mol. The largest absolute Gasteiger partial charge is 0.396 e. The van der Waals surface area contributed by atoms with Gasteiger partial charge in [-0.15, -0.1) is 0 Å². The second kappa shape index (κ2) is 6.53. The molecule has 1 unspecified atom stereocenters. The molecule has 0 bridgehead atoms. The Morgan fingerprint density at radius 3 is 2.93 bits per heavy atom. The van der Waals surface area contributed by atoms with Gasteiger partial charge in [0.1, 0.15) is 0 Å². The van der Waals surface area contributed by atoms with Crippen molar-refractivity contribution in [2.24, 2.45) is 5.92 Å². The van der Waals surface area contributed by atoms with Crippen LogP contribution in [0.2, 0.25) is 0 Å². The van der Waals surface area contributed by atoms with Crippen LogP contribution in [0.1, 0.15) is 31.5 Å². The minimum atomic E-state index is 0.268. The summed E-state index contributed by atoms with van der Waals surface area (Å²) in [5, 5.41) is 15.8. The lowest BCUT2D eigenvalue weighted by atomic mass is 10.1. The zero-order valence-corrected chi connectivity index (χ0v) is 9.36. The maximum absolute atomic E-state index is 8.82. The van der Waals surface area contributed by atoms with E-state index in [4.69, 9.17) is 9.63 Å². The minimum Gasteiger partial charge on any atom is -0.396 e. The van der Waals surface area contributed by atoms with Gasteiger partial charge in [0.25, 0.3) is 0 Å². The number of aliphatic hydroxyl groups is 1. The normalized spacial score (nSPS) is 13.0. The third-order valence-electron chi connectivity index (χ3n) is 2.21. The van der Waals surface area contributed by atoms with Gasteiger partial charge in [0, 0.05) is 13.5 Å². The van der Waals surface area contributed by atoms with E-state index in [1.54, 1.807) is 6.92 Å². The Morgan fingerprint density at radius 2 is 2.33 bits per heavy atom. The molecule has 0 aliphatic rings. The summed E-state index contributed by atoms with van der Waals surface area (Å²) < 4.78 is 4.84. The maximum Gasteiger partial charge on any atom is 0.223 e. The zero-order chi connectivity index (χ0) is 11.1. The van der Waals surface area contributed by atoms with Gasteiger partial charge in [-0.3, -0.25) is 0 Å². The van der Waals surface area contributed by atoms with Crippen LogP contribution in [-0.4, -0.2) is 28.4 Å². The summed E-state index contributed by atoms with van der Waals surface area (Å²) >= 11 is 0. The van der Waals surface area contributed by atoms with Crippen molar-refractivity contribution in [2.45, 2.75) is 33.2 Å². The third kappa shape index (κ3) is 4.90. The van der Waals surface area contributed by atoms with Crippen molar-refractivity contribution in [2.75, 3.05) is 13.2 Å². The summed E-state index contributed by atoms with van der Waals surface area (Å²) in [5.41, 5.74) is 0. The number of nitrogens with zero attached hydrogens (tertiary/aromatic N) is 2. The first-order chi connectivity index (χ1) is 7.22. The highest BCUT2D eigenvalue weighted by molar-refractivity contribution is 4.82. The molecule has 1 aromatic rings. The number of rotatable bonds is 7. The first-order valence-electron chi connectivity index (χ1n) is 5.33. The Bertz CT molecular complexity index is 275. The molecular formula is C10H19N3O2. The molecule has 0 aliphatic heterocycles. The Hall–Kier alpha value is -0.940. The summed E-state index contributed by atoms with van der Waals surface area (Å²) in [6.07, 6.45) is 2.09. The van der Waals surface area contributed by atoms with Crippen molar-refractivity contribution in [3.05, 3.63) is 11.7 Å². The lowest BCUT2D eigenvalue weighted by Gasteiger charge is -2.06. The van der Waals surface area contributed by atoms with Crippen LogP contribution in [0.5, 0.6) is 0 Å². The first-order valence-corrected chi connectivity index (χ1v) is 5.33. The van der Waals surface area contributed by atoms with Crippen molar-refractivity contribution in [3.8, 4) is 0 Å². The fourth-order valence-corrected chi connectivity index (χ4v) is 1.28. The first kappa shape index (κ1) is 12.1. The number of nitrogens with one attached hydrogen (secondary N) is 1. The molecule has 1 heterocycles. The summed E-state index contributed by atoms with van der Waals surface area (Å²) in [6, 6.07) is 0. The van der Waals surface area contributed by atoms with Gasteiger partial charge in [-0.25, -0.2) is 0 Å². The van der Waals surface area contributed by atoms with Crippen LogP contribution in [0.15, 0.2) is 4.52 Å². The van der Waals surface area contributed by atoms with Gasteiger partial charge in [-0.1, -0.05) is 12.1 Å². The molecule has 1 aromatic heterocycles. The van der Waals surface area contributed by atoms with Gasteiger partial charge in [-0.2, -0.15) is 4.98 Å². The molecule has 1 atom stereocenters. The molecule has 0 saturated carbocycles. The molecule has 5 nitrogen and oxygen atoms in total. The van der Waals surface area contributed by atoms with E-state index in [1.807, 2.05) is 6.92 Å². The molecule has 0 aromatic carbocycles. The second-order valence-electron chi connectivity index (χ2n) is 3.84. The van der Waals surface area contributed by atoms with E-state index in [9.17, 15) is 0 Å². The van der Waals surface area contributed by atoms with E-state index in [0.717, 1.165) is 19.4 Å². The summed E-state index contributed by atoms with van der Waals surface area (Å²) in [7, 11) is 0. The predicted octanol–water partition coefficient (Wildman–Crippen LogP) is 0.876. The highest BCUT2D eigenvalue weighted by Gasteiger charge is 2.02. The van der Waals surface area contributed by atoms with Crippen LogP contribution < -0.4 is 5.32 Å². The zero-order valence-electron chi connectivity index (χ0n) is 9.36. The molecule has 0 spiro atoms. The molecule has 0 aliphatic carbocycles. The summed E-state index contributed by atoms with van der Waals surface area (Å²) in [4.78, 5) is 4.08. The smallest absolute Gasteiger partial charge is 0.223 e. The number of aryl methyl sites for hydroxylation is 1. The topological polar surface area (TPSA) is 71.2 Å². The molecule has 15 heavy (non-hydrogen) atoms. The van der Waals surface area contributed by atoms with Crippen molar-refractivity contribution < 1.29 is 9.63 Å². The van der Waals surface area contributed by atoms with E-state index in [0.29, 0.717) is 24.2 Å². The van der Waals surface area contributed by atoms with E-state index < -0.39 is 0 Å². The maximum atomic E-state index is 8.82. The lowest BCUT2D eigenvalue weighted by molar-refractivity contribution is 0.228. The highest BCUT2D eigenvalue weighted by atomic mass is 16.5. The molecule has 0 fully saturated rings. The van der Waals surface area contributed by atoms with Crippen LogP contribution >= 0.6 is 0 Å². The Labute approximate surface area is 89.9 Å². The third-order valence-corrected chi connectivity index (χ3v) is 2.21. The molecule has 2 N–H and O–H groups in total. The van der Waals surface area contributed by atoms with Crippen molar-refractivity contribution in [1.82, 2.24) is 15.5 Å². The average molecular weight is 213 g/mol. The predicted molar refractivity (Wildman–Crippen MR) is 56.2 cm³/mol. The number of aromatic nitrogens is 2. The SMILES string of the molecule is Cc1nc(CNCCCC(C)CO)no1. The van der Waals surface area contributed by atoms with Crippen molar-refractivity contribution in [1.29, 1.82) is 0 Å². The van der Waals surface area contributed by atoms with E-state index in [2.05, 4.69) is 15.5 Å². The summed E-state index contributed by atoms with van der Waals surface area (Å²) in [5.74, 6) is 1.68. The Morgan fingerprint density at radius 1 is 1.53 bits per heavy atom. The average Bonchev–Trinajstić information content (AvgIpc) is 2.63. The minimum absolute atomic E-state index is 0.268. The van der Waals surface area contributed by atoms with Gasteiger partial charge in [0.2, 0.25) is 5.89 Å². The van der Waals surface area contributed by atoms with Crippen molar-refractivity contribution in [3.63, 3.8) is 0 Å². The van der Waals surface area contributed by atoms with Gasteiger partial charge >= 0.3 is 0 Å². The van der Waals surface area contributed by atoms with Gasteiger partial charge in [0.15, 0.2) is 5.82 Å². The number of aliphatic hydroxyl groups excluding tert-OH is 1. The Kier molecular flexibility index (Phi) is 5.28. The lowest BCUT2D eigenvalue weighted by Crippen LogP contribution is -2.16. The molecule has 0 saturated heterocycles. The molecule has 86 valence electrons.